The molecule has 0 radical (unpaired) electrons. The van der Waals surface area contributed by atoms with E-state index in [9.17, 15) is 4.79 Å². The van der Waals surface area contributed by atoms with E-state index in [1.165, 1.54) is 16.0 Å². The van der Waals surface area contributed by atoms with Crippen molar-refractivity contribution in [3.8, 4) is 0 Å². The Balaban J connectivity index is 1.72. The first-order valence-electron chi connectivity index (χ1n) is 8.95. The number of hydrogen-bond acceptors (Lipinski definition) is 4. The van der Waals surface area contributed by atoms with Crippen molar-refractivity contribution in [2.75, 3.05) is 26.7 Å². The van der Waals surface area contributed by atoms with Crippen LogP contribution in [0.15, 0.2) is 41.8 Å². The molecule has 5 heteroatoms. The molecule has 2 unspecified atom stereocenters. The van der Waals surface area contributed by atoms with Crippen LogP contribution in [0.1, 0.15) is 29.0 Å². The van der Waals surface area contributed by atoms with Gasteiger partial charge < -0.3 is 10.6 Å². The zero-order valence-corrected chi connectivity index (χ0v) is 15.8. The minimum absolute atomic E-state index is 0.0220. The van der Waals surface area contributed by atoms with Crippen molar-refractivity contribution in [3.05, 3.63) is 57.8 Å². The fourth-order valence-corrected chi connectivity index (χ4v) is 4.33. The molecule has 1 aromatic carbocycles. The van der Waals surface area contributed by atoms with E-state index in [1.54, 1.807) is 0 Å². The van der Waals surface area contributed by atoms with E-state index < -0.39 is 0 Å². The van der Waals surface area contributed by atoms with Crippen LogP contribution in [0.3, 0.4) is 0 Å². The lowest BCUT2D eigenvalue weighted by Crippen LogP contribution is -2.42. The number of hydrogen-bond donors (Lipinski definition) is 2. The zero-order chi connectivity index (χ0) is 17.6. The van der Waals surface area contributed by atoms with E-state index in [0.717, 1.165) is 19.5 Å². The Morgan fingerprint density at radius 3 is 2.80 bits per heavy atom. The van der Waals surface area contributed by atoms with Gasteiger partial charge in [0.2, 0.25) is 5.91 Å². The van der Waals surface area contributed by atoms with E-state index in [0.29, 0.717) is 13.1 Å². The van der Waals surface area contributed by atoms with Crippen LogP contribution in [-0.2, 0) is 17.8 Å². The standard InChI is InChI=1S/C20H27N3OS/c1-15(12-21-2)20(24)22-13-18(16-6-4-3-5-7-16)23-10-8-19-17(14-23)9-11-25-19/h3-7,9,11,15,18,21H,8,10,12-14H2,1-2H3,(H,22,24). The molecule has 1 aliphatic heterocycles. The molecule has 0 spiro atoms. The lowest BCUT2D eigenvalue weighted by molar-refractivity contribution is -0.124. The van der Waals surface area contributed by atoms with Crippen LogP contribution in [-0.4, -0.2) is 37.5 Å². The molecule has 134 valence electrons. The highest BCUT2D eigenvalue weighted by Gasteiger charge is 2.26. The second kappa shape index (κ2) is 8.61. The number of carbonyl (C=O) groups excluding carboxylic acids is 1. The van der Waals surface area contributed by atoms with E-state index in [1.807, 2.05) is 31.4 Å². The van der Waals surface area contributed by atoms with Crippen molar-refractivity contribution in [2.24, 2.45) is 5.92 Å². The summed E-state index contributed by atoms with van der Waals surface area (Å²) in [4.78, 5) is 16.3. The molecule has 0 bridgehead atoms. The number of nitrogens with zero attached hydrogens (tertiary/aromatic N) is 1. The van der Waals surface area contributed by atoms with Gasteiger partial charge in [-0.25, -0.2) is 0 Å². The van der Waals surface area contributed by atoms with Crippen molar-refractivity contribution in [1.29, 1.82) is 0 Å². The third kappa shape index (κ3) is 4.48. The van der Waals surface area contributed by atoms with Gasteiger partial charge in [-0.05, 0) is 36.0 Å². The summed E-state index contributed by atoms with van der Waals surface area (Å²) >= 11 is 1.86. The first kappa shape index (κ1) is 18.1. The quantitative estimate of drug-likeness (QED) is 0.801. The number of thiophene rings is 1. The molecule has 2 heterocycles. The molecule has 0 fully saturated rings. The van der Waals surface area contributed by atoms with Gasteiger partial charge in [0, 0.05) is 37.0 Å². The van der Waals surface area contributed by atoms with Gasteiger partial charge in [0.25, 0.3) is 0 Å². The monoisotopic (exact) mass is 357 g/mol. The van der Waals surface area contributed by atoms with Gasteiger partial charge in [0.05, 0.1) is 6.04 Å². The Morgan fingerprint density at radius 2 is 2.04 bits per heavy atom. The predicted octanol–water partition coefficient (Wildman–Crippen LogP) is 2.82. The fraction of sp³-hybridized carbons (Fsp3) is 0.450. The highest BCUT2D eigenvalue weighted by Crippen LogP contribution is 2.30. The van der Waals surface area contributed by atoms with Crippen molar-refractivity contribution < 1.29 is 4.79 Å². The van der Waals surface area contributed by atoms with Gasteiger partial charge in [-0.2, -0.15) is 0 Å². The Bertz CT molecular complexity index is 685. The molecule has 0 saturated heterocycles. The summed E-state index contributed by atoms with van der Waals surface area (Å²) in [6.07, 6.45) is 1.10. The average molecular weight is 358 g/mol. The van der Waals surface area contributed by atoms with Crippen LogP contribution in [0.5, 0.6) is 0 Å². The summed E-state index contributed by atoms with van der Waals surface area (Å²) < 4.78 is 0. The second-order valence-electron chi connectivity index (χ2n) is 6.72. The van der Waals surface area contributed by atoms with E-state index in [2.05, 4.69) is 51.2 Å². The van der Waals surface area contributed by atoms with Crippen LogP contribution < -0.4 is 10.6 Å². The summed E-state index contributed by atoms with van der Waals surface area (Å²) in [7, 11) is 1.88. The summed E-state index contributed by atoms with van der Waals surface area (Å²) in [6.45, 7) is 5.30. The lowest BCUT2D eigenvalue weighted by Gasteiger charge is -2.35. The topological polar surface area (TPSA) is 44.4 Å². The third-order valence-corrected chi connectivity index (χ3v) is 5.91. The molecule has 4 nitrogen and oxygen atoms in total. The highest BCUT2D eigenvalue weighted by molar-refractivity contribution is 7.10. The van der Waals surface area contributed by atoms with Crippen molar-refractivity contribution in [3.63, 3.8) is 0 Å². The SMILES string of the molecule is CNCC(C)C(=O)NCC(c1ccccc1)N1CCc2sccc2C1. The number of rotatable bonds is 7. The molecule has 2 N–H and O–H groups in total. The second-order valence-corrected chi connectivity index (χ2v) is 7.72. The summed E-state index contributed by atoms with van der Waals surface area (Å²) in [6, 6.07) is 13.0. The Hall–Kier alpha value is -1.69. The van der Waals surface area contributed by atoms with Crippen LogP contribution in [0.2, 0.25) is 0 Å². The number of benzene rings is 1. The molecule has 1 aliphatic rings. The van der Waals surface area contributed by atoms with Gasteiger partial charge in [-0.1, -0.05) is 37.3 Å². The summed E-state index contributed by atoms with van der Waals surface area (Å²) in [5, 5.41) is 8.42. The highest BCUT2D eigenvalue weighted by atomic mass is 32.1. The maximum absolute atomic E-state index is 12.3. The molecular weight excluding hydrogens is 330 g/mol. The van der Waals surface area contributed by atoms with Crippen LogP contribution in [0.25, 0.3) is 0 Å². The number of nitrogens with one attached hydrogen (secondary N) is 2. The summed E-state index contributed by atoms with van der Waals surface area (Å²) in [5.74, 6) is 0.0924. The molecular formula is C20H27N3OS. The maximum atomic E-state index is 12.3. The van der Waals surface area contributed by atoms with Crippen LogP contribution in [0.4, 0.5) is 0 Å². The smallest absolute Gasteiger partial charge is 0.224 e. The van der Waals surface area contributed by atoms with Gasteiger partial charge >= 0.3 is 0 Å². The minimum atomic E-state index is -0.0220. The molecule has 25 heavy (non-hydrogen) atoms. The average Bonchev–Trinajstić information content (AvgIpc) is 3.10. The Kier molecular flexibility index (Phi) is 6.24. The molecule has 0 saturated carbocycles. The number of carbonyl (C=O) groups is 1. The van der Waals surface area contributed by atoms with Crippen molar-refractivity contribution in [1.82, 2.24) is 15.5 Å². The molecule has 3 rings (SSSR count). The normalized spacial score (nSPS) is 16.9. The molecule has 2 aromatic rings. The summed E-state index contributed by atoms with van der Waals surface area (Å²) in [5.41, 5.74) is 2.70. The largest absolute Gasteiger partial charge is 0.354 e. The predicted molar refractivity (Wildman–Crippen MR) is 104 cm³/mol. The minimum Gasteiger partial charge on any atom is -0.354 e. The molecule has 1 amide bonds. The molecule has 2 atom stereocenters. The van der Waals surface area contributed by atoms with Crippen LogP contribution in [0, 0.1) is 5.92 Å². The van der Waals surface area contributed by atoms with Gasteiger partial charge in [-0.15, -0.1) is 11.3 Å². The van der Waals surface area contributed by atoms with Gasteiger partial charge in [0.15, 0.2) is 0 Å². The fourth-order valence-electron chi connectivity index (χ4n) is 3.44. The number of amides is 1. The van der Waals surface area contributed by atoms with E-state index in [-0.39, 0.29) is 17.9 Å². The van der Waals surface area contributed by atoms with Gasteiger partial charge in [-0.3, -0.25) is 9.69 Å². The first-order chi connectivity index (χ1) is 12.2. The number of fused-ring (bicyclic) bond motifs is 1. The van der Waals surface area contributed by atoms with E-state index >= 15 is 0 Å². The van der Waals surface area contributed by atoms with Crippen molar-refractivity contribution in [2.45, 2.75) is 25.9 Å². The first-order valence-corrected chi connectivity index (χ1v) is 9.83. The maximum Gasteiger partial charge on any atom is 0.224 e. The molecule has 1 aromatic heterocycles. The zero-order valence-electron chi connectivity index (χ0n) is 15.0. The van der Waals surface area contributed by atoms with Crippen LogP contribution >= 0.6 is 11.3 Å². The Morgan fingerprint density at radius 1 is 1.24 bits per heavy atom. The Labute approximate surface area is 154 Å². The van der Waals surface area contributed by atoms with E-state index in [4.69, 9.17) is 0 Å². The lowest BCUT2D eigenvalue weighted by atomic mass is 10.0. The van der Waals surface area contributed by atoms with Gasteiger partial charge in [0.1, 0.15) is 0 Å². The third-order valence-electron chi connectivity index (χ3n) is 4.89. The molecule has 0 aliphatic carbocycles. The van der Waals surface area contributed by atoms with Crippen molar-refractivity contribution >= 4 is 17.2 Å².